The second-order valence-corrected chi connectivity index (χ2v) is 3.11. The predicted octanol–water partition coefficient (Wildman–Crippen LogP) is 0.00950. The van der Waals surface area contributed by atoms with Crippen molar-refractivity contribution in [3.8, 4) is 0 Å². The second kappa shape index (κ2) is 4.11. The lowest BCUT2D eigenvalue weighted by Crippen LogP contribution is -2.45. The molecular weight excluding hydrogens is 172 g/mol. The summed E-state index contributed by atoms with van der Waals surface area (Å²) in [7, 11) is 0. The topological polar surface area (TPSA) is 67.4 Å². The number of rotatable bonds is 3. The van der Waals surface area contributed by atoms with Gasteiger partial charge in [0.15, 0.2) is 0 Å². The summed E-state index contributed by atoms with van der Waals surface area (Å²) < 4.78 is 4.59. The quantitative estimate of drug-likeness (QED) is 0.652. The molecule has 1 aliphatic heterocycles. The van der Waals surface area contributed by atoms with E-state index in [2.05, 4.69) is 15.4 Å². The SMILES string of the molecule is CCC(C)NC(=O)C1COC(=O)N1. The molecule has 0 bridgehead atoms. The summed E-state index contributed by atoms with van der Waals surface area (Å²) in [5.41, 5.74) is 0. The van der Waals surface area contributed by atoms with Crippen molar-refractivity contribution in [3.05, 3.63) is 0 Å². The Morgan fingerprint density at radius 1 is 1.85 bits per heavy atom. The molecular formula is C8H14N2O3. The number of alkyl carbamates (subject to hydrolysis) is 1. The molecule has 1 heterocycles. The van der Waals surface area contributed by atoms with Crippen LogP contribution >= 0.6 is 0 Å². The lowest BCUT2D eigenvalue weighted by Gasteiger charge is -2.13. The highest BCUT2D eigenvalue weighted by Crippen LogP contribution is 1.98. The van der Waals surface area contributed by atoms with E-state index < -0.39 is 12.1 Å². The monoisotopic (exact) mass is 186 g/mol. The fourth-order valence-corrected chi connectivity index (χ4v) is 0.971. The zero-order chi connectivity index (χ0) is 9.84. The van der Waals surface area contributed by atoms with Gasteiger partial charge in [-0.05, 0) is 13.3 Å². The first-order chi connectivity index (χ1) is 6.13. The molecule has 2 unspecified atom stereocenters. The number of nitrogens with one attached hydrogen (secondary N) is 2. The first kappa shape index (κ1) is 9.83. The zero-order valence-electron chi connectivity index (χ0n) is 7.79. The standard InChI is InChI=1S/C8H14N2O3/c1-3-5(2)9-7(11)6-4-13-8(12)10-6/h5-6H,3-4H2,1-2H3,(H,9,11)(H,10,12). The minimum absolute atomic E-state index is 0.126. The van der Waals surface area contributed by atoms with Gasteiger partial charge in [0.05, 0.1) is 0 Å². The third-order valence-corrected chi connectivity index (χ3v) is 1.99. The highest BCUT2D eigenvalue weighted by Gasteiger charge is 2.28. The molecule has 13 heavy (non-hydrogen) atoms. The summed E-state index contributed by atoms with van der Waals surface area (Å²) >= 11 is 0. The zero-order valence-corrected chi connectivity index (χ0v) is 7.79. The Morgan fingerprint density at radius 3 is 3.00 bits per heavy atom. The summed E-state index contributed by atoms with van der Waals surface area (Å²) in [5, 5.41) is 5.17. The summed E-state index contributed by atoms with van der Waals surface area (Å²) in [6.45, 7) is 4.02. The maximum atomic E-state index is 11.4. The second-order valence-electron chi connectivity index (χ2n) is 3.11. The molecule has 1 aliphatic rings. The number of amides is 2. The summed E-state index contributed by atoms with van der Waals surface area (Å²) in [6.07, 6.45) is 0.345. The molecule has 0 radical (unpaired) electrons. The molecule has 1 rings (SSSR count). The first-order valence-corrected chi connectivity index (χ1v) is 4.37. The molecule has 2 N–H and O–H groups in total. The molecule has 1 fully saturated rings. The van der Waals surface area contributed by atoms with Crippen molar-refractivity contribution in [3.63, 3.8) is 0 Å². The lowest BCUT2D eigenvalue weighted by molar-refractivity contribution is -0.123. The predicted molar refractivity (Wildman–Crippen MR) is 46.2 cm³/mol. The van der Waals surface area contributed by atoms with Crippen molar-refractivity contribution in [2.75, 3.05) is 6.61 Å². The van der Waals surface area contributed by atoms with Crippen LogP contribution in [0.15, 0.2) is 0 Å². The van der Waals surface area contributed by atoms with E-state index >= 15 is 0 Å². The molecule has 0 aromatic rings. The number of cyclic esters (lactones) is 1. The molecule has 0 aliphatic carbocycles. The van der Waals surface area contributed by atoms with Gasteiger partial charge in [-0.1, -0.05) is 6.92 Å². The molecule has 2 amide bonds. The normalized spacial score (nSPS) is 23.2. The first-order valence-electron chi connectivity index (χ1n) is 4.37. The van der Waals surface area contributed by atoms with Crippen LogP contribution in [0.4, 0.5) is 4.79 Å². The van der Waals surface area contributed by atoms with Crippen LogP contribution in [0.3, 0.4) is 0 Å². The van der Waals surface area contributed by atoms with Gasteiger partial charge in [0.1, 0.15) is 12.6 Å². The van der Waals surface area contributed by atoms with Crippen LogP contribution in [0.25, 0.3) is 0 Å². The maximum absolute atomic E-state index is 11.4. The van der Waals surface area contributed by atoms with Gasteiger partial charge >= 0.3 is 6.09 Å². The fourth-order valence-electron chi connectivity index (χ4n) is 0.971. The van der Waals surface area contributed by atoms with Crippen molar-refractivity contribution in [2.45, 2.75) is 32.4 Å². The van der Waals surface area contributed by atoms with Crippen molar-refractivity contribution >= 4 is 12.0 Å². The van der Waals surface area contributed by atoms with Crippen molar-refractivity contribution in [2.24, 2.45) is 0 Å². The average molecular weight is 186 g/mol. The molecule has 2 atom stereocenters. The minimum atomic E-state index is -0.526. The summed E-state index contributed by atoms with van der Waals surface area (Å²) in [4.78, 5) is 22.0. The van der Waals surface area contributed by atoms with Gasteiger partial charge in [0.2, 0.25) is 5.91 Å². The third kappa shape index (κ3) is 2.61. The summed E-state index contributed by atoms with van der Waals surface area (Å²) in [5.74, 6) is -0.180. The Bertz CT molecular complexity index is 217. The Labute approximate surface area is 76.8 Å². The molecule has 1 saturated heterocycles. The molecule has 0 spiro atoms. The van der Waals surface area contributed by atoms with E-state index in [1.807, 2.05) is 13.8 Å². The molecule has 74 valence electrons. The van der Waals surface area contributed by atoms with Gasteiger partial charge in [-0.25, -0.2) is 4.79 Å². The van der Waals surface area contributed by atoms with E-state index in [0.717, 1.165) is 6.42 Å². The Morgan fingerprint density at radius 2 is 2.54 bits per heavy atom. The number of ether oxygens (including phenoxy) is 1. The molecule has 0 aromatic carbocycles. The van der Waals surface area contributed by atoms with Crippen molar-refractivity contribution in [1.29, 1.82) is 0 Å². The van der Waals surface area contributed by atoms with E-state index in [4.69, 9.17) is 0 Å². The van der Waals surface area contributed by atoms with Gasteiger partial charge in [0.25, 0.3) is 0 Å². The number of carbonyl (C=O) groups is 2. The highest BCUT2D eigenvalue weighted by molar-refractivity contribution is 5.87. The highest BCUT2D eigenvalue weighted by atomic mass is 16.6. The van der Waals surface area contributed by atoms with Crippen LogP contribution in [-0.4, -0.2) is 30.7 Å². The van der Waals surface area contributed by atoms with Crippen LogP contribution in [-0.2, 0) is 9.53 Å². The number of carbonyl (C=O) groups excluding carboxylic acids is 2. The van der Waals surface area contributed by atoms with Crippen LogP contribution in [0, 0.1) is 0 Å². The van der Waals surface area contributed by atoms with Gasteiger partial charge < -0.3 is 15.4 Å². The van der Waals surface area contributed by atoms with Crippen LogP contribution < -0.4 is 10.6 Å². The van der Waals surface area contributed by atoms with Gasteiger partial charge in [-0.3, -0.25) is 4.79 Å². The van der Waals surface area contributed by atoms with Crippen LogP contribution in [0.1, 0.15) is 20.3 Å². The largest absolute Gasteiger partial charge is 0.447 e. The van der Waals surface area contributed by atoms with Gasteiger partial charge in [-0.15, -0.1) is 0 Å². The Balaban J connectivity index is 2.35. The van der Waals surface area contributed by atoms with E-state index in [1.165, 1.54) is 0 Å². The van der Waals surface area contributed by atoms with Crippen molar-refractivity contribution < 1.29 is 14.3 Å². The molecule has 5 nitrogen and oxygen atoms in total. The smallest absolute Gasteiger partial charge is 0.407 e. The van der Waals surface area contributed by atoms with E-state index in [0.29, 0.717) is 0 Å². The van der Waals surface area contributed by atoms with Crippen LogP contribution in [0.5, 0.6) is 0 Å². The van der Waals surface area contributed by atoms with Gasteiger partial charge in [0, 0.05) is 6.04 Å². The van der Waals surface area contributed by atoms with E-state index in [1.54, 1.807) is 0 Å². The lowest BCUT2D eigenvalue weighted by atomic mass is 10.2. The molecule has 5 heteroatoms. The Hall–Kier alpha value is -1.26. The fraction of sp³-hybridized carbons (Fsp3) is 0.750. The van der Waals surface area contributed by atoms with E-state index in [-0.39, 0.29) is 18.6 Å². The average Bonchev–Trinajstić information content (AvgIpc) is 2.51. The molecule has 0 aromatic heterocycles. The third-order valence-electron chi connectivity index (χ3n) is 1.99. The Kier molecular flexibility index (Phi) is 3.11. The summed E-state index contributed by atoms with van der Waals surface area (Å²) in [6, 6.07) is -0.397. The van der Waals surface area contributed by atoms with E-state index in [9.17, 15) is 9.59 Å². The number of hydrogen-bond donors (Lipinski definition) is 2. The molecule has 0 saturated carbocycles. The van der Waals surface area contributed by atoms with Crippen LogP contribution in [0.2, 0.25) is 0 Å². The maximum Gasteiger partial charge on any atom is 0.407 e. The minimum Gasteiger partial charge on any atom is -0.447 e. The van der Waals surface area contributed by atoms with Crippen molar-refractivity contribution in [1.82, 2.24) is 10.6 Å². The number of hydrogen-bond acceptors (Lipinski definition) is 3. The van der Waals surface area contributed by atoms with Gasteiger partial charge in [-0.2, -0.15) is 0 Å².